The first-order valence-corrected chi connectivity index (χ1v) is 19.4. The molecule has 5 unspecified atom stereocenters. The van der Waals surface area contributed by atoms with Gasteiger partial charge in [-0.1, -0.05) is 34.6 Å². The van der Waals surface area contributed by atoms with Gasteiger partial charge in [-0.25, -0.2) is 0 Å². The number of morpholine rings is 1. The van der Waals surface area contributed by atoms with Crippen LogP contribution in [-0.4, -0.2) is 90.1 Å². The number of ether oxygens (including phenoxy) is 3. The first-order chi connectivity index (χ1) is 22.1. The lowest BCUT2D eigenvalue weighted by atomic mass is 9.41. The number of carbonyl (C=O) groups excluding carboxylic acids is 1. The molecule has 8 nitrogen and oxygen atoms in total. The number of carbonyl (C=O) groups is 1. The molecule has 3 heterocycles. The molecular formula is C39H64N2O6. The van der Waals surface area contributed by atoms with Crippen LogP contribution in [0.3, 0.4) is 0 Å². The Bertz CT molecular complexity index is 1250. The predicted molar refractivity (Wildman–Crippen MR) is 179 cm³/mol. The van der Waals surface area contributed by atoms with Crippen LogP contribution in [0.25, 0.3) is 0 Å². The van der Waals surface area contributed by atoms with Crippen molar-refractivity contribution in [2.45, 2.75) is 149 Å². The fraction of sp³-hybridized carbons (Fsp3) is 0.974. The first kappa shape index (κ1) is 33.4. The van der Waals surface area contributed by atoms with Crippen LogP contribution in [-0.2, 0) is 19.0 Å². The Hall–Kier alpha value is -0.770. The molecule has 0 radical (unpaired) electrons. The summed E-state index contributed by atoms with van der Waals surface area (Å²) < 4.78 is 19.9. The molecule has 0 aromatic carbocycles. The molecule has 1 amide bonds. The number of amides is 1. The van der Waals surface area contributed by atoms with Crippen molar-refractivity contribution in [1.29, 1.82) is 0 Å². The Morgan fingerprint density at radius 1 is 1.04 bits per heavy atom. The summed E-state index contributed by atoms with van der Waals surface area (Å²) in [6, 6.07) is 0. The largest absolute Gasteiger partial charge is 0.388 e. The van der Waals surface area contributed by atoms with E-state index in [1.165, 1.54) is 38.5 Å². The highest BCUT2D eigenvalue weighted by atomic mass is 16.7. The molecule has 5 saturated carbocycles. The molecule has 8 fully saturated rings. The maximum Gasteiger partial charge on any atom is 0.223 e. The van der Waals surface area contributed by atoms with Gasteiger partial charge in [0.2, 0.25) is 5.91 Å². The van der Waals surface area contributed by atoms with Crippen LogP contribution in [0.1, 0.15) is 113 Å². The molecule has 5 aliphatic carbocycles. The summed E-state index contributed by atoms with van der Waals surface area (Å²) in [5.41, 5.74) is 0.189. The van der Waals surface area contributed by atoms with E-state index >= 15 is 0 Å². The van der Waals surface area contributed by atoms with Crippen LogP contribution in [0.2, 0.25) is 0 Å². The van der Waals surface area contributed by atoms with Crippen LogP contribution >= 0.6 is 0 Å². The van der Waals surface area contributed by atoms with Crippen molar-refractivity contribution >= 4 is 5.91 Å². The van der Waals surface area contributed by atoms with Gasteiger partial charge in [0.25, 0.3) is 0 Å². The summed E-state index contributed by atoms with van der Waals surface area (Å²) in [6.45, 7) is 19.7. The molecule has 2 spiro atoms. The van der Waals surface area contributed by atoms with E-state index in [1.807, 2.05) is 4.90 Å². The second-order valence-corrected chi connectivity index (χ2v) is 19.6. The minimum absolute atomic E-state index is 0.0589. The fourth-order valence-electron chi connectivity index (χ4n) is 14.2. The van der Waals surface area contributed by atoms with Gasteiger partial charge in [0.05, 0.1) is 37.1 Å². The molecule has 3 saturated heterocycles. The van der Waals surface area contributed by atoms with E-state index in [4.69, 9.17) is 14.2 Å². The number of nitrogens with zero attached hydrogens (tertiary/aromatic N) is 1. The molecule has 3 aliphatic heterocycles. The van der Waals surface area contributed by atoms with Crippen LogP contribution in [0, 0.1) is 56.7 Å². The molecule has 0 aromatic heterocycles. The molecule has 8 heteroatoms. The number of hydrogen-bond acceptors (Lipinski definition) is 7. The van der Waals surface area contributed by atoms with E-state index in [9.17, 15) is 15.0 Å². The number of fused-ring (bicyclic) bond motifs is 4. The molecular weight excluding hydrogens is 592 g/mol. The van der Waals surface area contributed by atoms with Crippen molar-refractivity contribution in [1.82, 2.24) is 10.2 Å². The third kappa shape index (κ3) is 4.69. The third-order valence-electron chi connectivity index (χ3n) is 16.8. The van der Waals surface area contributed by atoms with Crippen molar-refractivity contribution in [3.05, 3.63) is 0 Å². The van der Waals surface area contributed by atoms with Gasteiger partial charge in [0, 0.05) is 13.0 Å². The molecule has 47 heavy (non-hydrogen) atoms. The van der Waals surface area contributed by atoms with Crippen molar-refractivity contribution < 1.29 is 29.2 Å². The van der Waals surface area contributed by atoms with Gasteiger partial charge in [-0.15, -0.1) is 0 Å². The number of nitrogens with one attached hydrogen (secondary N) is 1. The molecule has 0 bridgehead atoms. The Balaban J connectivity index is 0.976. The minimum Gasteiger partial charge on any atom is -0.388 e. The average Bonchev–Trinajstić information content (AvgIpc) is 3.58. The number of rotatable bonds is 6. The summed E-state index contributed by atoms with van der Waals surface area (Å²) in [6.07, 6.45) is 10.2. The third-order valence-corrected chi connectivity index (χ3v) is 16.8. The zero-order chi connectivity index (χ0) is 33.4. The topological polar surface area (TPSA) is 100 Å². The normalized spacial score (nSPS) is 51.0. The summed E-state index contributed by atoms with van der Waals surface area (Å²) in [4.78, 5) is 15.0. The van der Waals surface area contributed by atoms with Gasteiger partial charge >= 0.3 is 0 Å². The zero-order valence-corrected chi connectivity index (χ0v) is 30.4. The summed E-state index contributed by atoms with van der Waals surface area (Å²) >= 11 is 0. The fourth-order valence-corrected chi connectivity index (χ4v) is 14.2. The van der Waals surface area contributed by atoms with Crippen LogP contribution in [0.4, 0.5) is 0 Å². The summed E-state index contributed by atoms with van der Waals surface area (Å²) in [7, 11) is 0. The highest BCUT2D eigenvalue weighted by Crippen LogP contribution is 2.89. The van der Waals surface area contributed by atoms with E-state index in [0.29, 0.717) is 66.5 Å². The summed E-state index contributed by atoms with van der Waals surface area (Å²) in [5, 5.41) is 25.0. The Morgan fingerprint density at radius 3 is 2.47 bits per heavy atom. The summed E-state index contributed by atoms with van der Waals surface area (Å²) in [5.74, 6) is 3.07. The van der Waals surface area contributed by atoms with Crippen molar-refractivity contribution in [3.63, 3.8) is 0 Å². The molecule has 8 aliphatic rings. The van der Waals surface area contributed by atoms with Gasteiger partial charge in [-0.2, -0.15) is 0 Å². The molecule has 266 valence electrons. The van der Waals surface area contributed by atoms with Crippen molar-refractivity contribution in [3.8, 4) is 0 Å². The SMILES string of the molecule is C[C@@H]1CC([C@H](O)C(C)(C)O)OC2C[C@@]3(C)[C@@H]4CCC5C(C)(C)[C@@H](OC6CN(C(=O)CC7CNC7)CCO6)CC[C@@]56C[C@@]46CC[C@]3(C)C21. The van der Waals surface area contributed by atoms with Crippen LogP contribution in [0.15, 0.2) is 0 Å². The zero-order valence-electron chi connectivity index (χ0n) is 30.4. The van der Waals surface area contributed by atoms with E-state index < -0.39 is 11.7 Å². The van der Waals surface area contributed by atoms with Gasteiger partial charge in [-0.3, -0.25) is 4.79 Å². The van der Waals surface area contributed by atoms with Gasteiger partial charge in [0.1, 0.15) is 6.10 Å². The number of aliphatic hydroxyl groups excluding tert-OH is 1. The molecule has 0 aromatic rings. The highest BCUT2D eigenvalue weighted by molar-refractivity contribution is 5.76. The lowest BCUT2D eigenvalue weighted by molar-refractivity contribution is -0.246. The molecule has 13 atom stereocenters. The van der Waals surface area contributed by atoms with Crippen molar-refractivity contribution in [2.75, 3.05) is 32.8 Å². The average molecular weight is 657 g/mol. The minimum atomic E-state index is -1.16. The maximum atomic E-state index is 13.0. The Morgan fingerprint density at radius 2 is 1.77 bits per heavy atom. The monoisotopic (exact) mass is 656 g/mol. The van der Waals surface area contributed by atoms with Crippen LogP contribution < -0.4 is 5.32 Å². The smallest absolute Gasteiger partial charge is 0.223 e. The van der Waals surface area contributed by atoms with Crippen molar-refractivity contribution in [2.24, 2.45) is 56.7 Å². The van der Waals surface area contributed by atoms with E-state index in [2.05, 4.69) is 39.9 Å². The van der Waals surface area contributed by atoms with E-state index in [1.54, 1.807) is 13.8 Å². The quantitative estimate of drug-likeness (QED) is 0.364. The molecule has 8 rings (SSSR count). The first-order valence-electron chi connectivity index (χ1n) is 19.4. The number of hydrogen-bond donors (Lipinski definition) is 3. The van der Waals surface area contributed by atoms with E-state index in [0.717, 1.165) is 32.4 Å². The second-order valence-electron chi connectivity index (χ2n) is 19.6. The van der Waals surface area contributed by atoms with Crippen LogP contribution in [0.5, 0.6) is 0 Å². The van der Waals surface area contributed by atoms with Gasteiger partial charge in [-0.05, 0) is 141 Å². The number of aliphatic hydroxyl groups is 2. The lowest BCUT2D eigenvalue weighted by Gasteiger charge is -2.63. The van der Waals surface area contributed by atoms with E-state index in [-0.39, 0.29) is 46.8 Å². The maximum absolute atomic E-state index is 13.0. The standard InChI is InChI=1S/C39H64N2O6/c1-23-16-25(33(43)35(4,5)44)46-26-18-37(7)28-9-8-27-34(2,3)29(10-11-38(27)22-39(28,38)13-12-36(37,6)32(23)26)47-31-21-41(14-15-45-31)30(42)17-24-19-40-20-24/h23-29,31-33,40,43-44H,8-22H2,1-7H3/t23-,25?,26?,27?,28+,29+,31?,32?,33+,36-,37+,38-,39+/m1/s1. The second kappa shape index (κ2) is 10.9. The van der Waals surface area contributed by atoms with Gasteiger partial charge < -0.3 is 34.6 Å². The Kier molecular flexibility index (Phi) is 7.72. The lowest BCUT2D eigenvalue weighted by Crippen LogP contribution is -2.59. The molecule has 3 N–H and O–H groups in total. The highest BCUT2D eigenvalue weighted by Gasteiger charge is 2.83. The van der Waals surface area contributed by atoms with Gasteiger partial charge in [0.15, 0.2) is 6.29 Å². The Labute approximate surface area is 283 Å². The predicted octanol–water partition coefficient (Wildman–Crippen LogP) is 5.14.